The Morgan fingerprint density at radius 1 is 1.19 bits per heavy atom. The van der Waals surface area contributed by atoms with E-state index in [-0.39, 0.29) is 23.7 Å². The van der Waals surface area contributed by atoms with E-state index >= 15 is 0 Å². The van der Waals surface area contributed by atoms with Crippen LogP contribution < -0.4 is 10.6 Å². The Bertz CT molecular complexity index is 812. The summed E-state index contributed by atoms with van der Waals surface area (Å²) in [5, 5.41) is 9.88. The highest BCUT2D eigenvalue weighted by Crippen LogP contribution is 2.26. The van der Waals surface area contributed by atoms with Gasteiger partial charge in [-0.05, 0) is 24.6 Å². The van der Waals surface area contributed by atoms with Crippen LogP contribution in [-0.4, -0.2) is 22.0 Å². The Labute approximate surface area is 163 Å². The van der Waals surface area contributed by atoms with E-state index in [0.29, 0.717) is 47.4 Å². The summed E-state index contributed by atoms with van der Waals surface area (Å²) in [6.45, 7) is 7.80. The number of amides is 2. The quantitative estimate of drug-likeness (QED) is 0.730. The van der Waals surface area contributed by atoms with Crippen molar-refractivity contribution in [3.8, 4) is 0 Å². The van der Waals surface area contributed by atoms with Crippen molar-refractivity contribution in [2.24, 2.45) is 0 Å². The standard InChI is InChI=1S/C19H25ClN4O3/c1-5-15(25)21-12-9-10-13(20)14(11-12)22-16(26)7-6-8-17-23-18(24-27-17)19(2,3)4/h9-11H,5-8H2,1-4H3,(H,21,25)(H,22,26). The average molecular weight is 393 g/mol. The lowest BCUT2D eigenvalue weighted by Crippen LogP contribution is -2.14. The van der Waals surface area contributed by atoms with Crippen LogP contribution in [0.2, 0.25) is 5.02 Å². The van der Waals surface area contributed by atoms with Crippen LogP contribution >= 0.6 is 11.6 Å². The van der Waals surface area contributed by atoms with Crippen LogP contribution in [0.5, 0.6) is 0 Å². The molecular weight excluding hydrogens is 368 g/mol. The van der Waals surface area contributed by atoms with Crippen LogP contribution in [0.25, 0.3) is 0 Å². The van der Waals surface area contributed by atoms with E-state index in [1.54, 1.807) is 25.1 Å². The van der Waals surface area contributed by atoms with Crippen molar-refractivity contribution in [1.82, 2.24) is 10.1 Å². The van der Waals surface area contributed by atoms with Crippen LogP contribution in [0.15, 0.2) is 22.7 Å². The van der Waals surface area contributed by atoms with Crippen molar-refractivity contribution in [2.75, 3.05) is 10.6 Å². The van der Waals surface area contributed by atoms with Gasteiger partial charge in [0.25, 0.3) is 0 Å². The second kappa shape index (κ2) is 8.99. The van der Waals surface area contributed by atoms with Crippen molar-refractivity contribution >= 4 is 34.8 Å². The zero-order chi connectivity index (χ0) is 20.0. The normalized spacial score (nSPS) is 11.3. The van der Waals surface area contributed by atoms with Crippen LogP contribution in [0, 0.1) is 0 Å². The molecule has 0 aliphatic carbocycles. The molecule has 1 aromatic heterocycles. The fourth-order valence-corrected chi connectivity index (χ4v) is 2.39. The molecule has 0 unspecified atom stereocenters. The largest absolute Gasteiger partial charge is 0.339 e. The maximum atomic E-state index is 12.2. The van der Waals surface area contributed by atoms with Crippen LogP contribution in [-0.2, 0) is 21.4 Å². The van der Waals surface area contributed by atoms with Gasteiger partial charge in [0, 0.05) is 30.4 Å². The number of nitrogens with zero attached hydrogens (tertiary/aromatic N) is 2. The molecule has 2 rings (SSSR count). The minimum Gasteiger partial charge on any atom is -0.339 e. The van der Waals surface area contributed by atoms with Gasteiger partial charge in [0.15, 0.2) is 5.82 Å². The first kappa shape index (κ1) is 20.9. The fourth-order valence-electron chi connectivity index (χ4n) is 2.22. The van der Waals surface area contributed by atoms with Gasteiger partial charge in [0.05, 0.1) is 10.7 Å². The third kappa shape index (κ3) is 6.36. The number of aromatic nitrogens is 2. The summed E-state index contributed by atoms with van der Waals surface area (Å²) in [6.07, 6.45) is 1.75. The predicted octanol–water partition coefficient (Wildman–Crippen LogP) is 4.33. The highest BCUT2D eigenvalue weighted by molar-refractivity contribution is 6.33. The zero-order valence-electron chi connectivity index (χ0n) is 16.1. The van der Waals surface area contributed by atoms with Crippen molar-refractivity contribution in [2.45, 2.75) is 58.8 Å². The van der Waals surface area contributed by atoms with Gasteiger partial charge in [-0.2, -0.15) is 4.98 Å². The molecule has 2 aromatic rings. The average Bonchev–Trinajstić information content (AvgIpc) is 3.07. The van der Waals surface area contributed by atoms with Gasteiger partial charge in [-0.15, -0.1) is 0 Å². The first-order valence-electron chi connectivity index (χ1n) is 8.91. The lowest BCUT2D eigenvalue weighted by molar-refractivity contribution is -0.116. The molecule has 0 bridgehead atoms. The van der Waals surface area contributed by atoms with Crippen LogP contribution in [0.4, 0.5) is 11.4 Å². The fraction of sp³-hybridized carbons (Fsp3) is 0.474. The summed E-state index contributed by atoms with van der Waals surface area (Å²) in [6, 6.07) is 4.96. The molecule has 0 atom stereocenters. The summed E-state index contributed by atoms with van der Waals surface area (Å²) in [7, 11) is 0. The Kier molecular flexibility index (Phi) is 6.96. The van der Waals surface area contributed by atoms with Crippen LogP contribution in [0.3, 0.4) is 0 Å². The number of benzene rings is 1. The molecule has 0 fully saturated rings. The lowest BCUT2D eigenvalue weighted by atomic mass is 9.96. The first-order chi connectivity index (χ1) is 12.7. The third-order valence-electron chi connectivity index (χ3n) is 3.78. The maximum absolute atomic E-state index is 12.2. The summed E-state index contributed by atoms with van der Waals surface area (Å²) >= 11 is 6.13. The highest BCUT2D eigenvalue weighted by Gasteiger charge is 2.20. The highest BCUT2D eigenvalue weighted by atomic mass is 35.5. The smallest absolute Gasteiger partial charge is 0.226 e. The van der Waals surface area contributed by atoms with Crippen molar-refractivity contribution < 1.29 is 14.1 Å². The summed E-state index contributed by atoms with van der Waals surface area (Å²) in [5.74, 6) is 0.893. The second-order valence-corrected chi connectivity index (χ2v) is 7.67. The molecular formula is C19H25ClN4O3. The third-order valence-corrected chi connectivity index (χ3v) is 4.11. The zero-order valence-corrected chi connectivity index (χ0v) is 16.8. The van der Waals surface area contributed by atoms with E-state index in [4.69, 9.17) is 16.1 Å². The number of halogens is 1. The number of hydrogen-bond acceptors (Lipinski definition) is 5. The van der Waals surface area contributed by atoms with Crippen LogP contribution in [0.1, 0.15) is 58.7 Å². The number of hydrogen-bond donors (Lipinski definition) is 2. The molecule has 1 heterocycles. The second-order valence-electron chi connectivity index (χ2n) is 7.26. The first-order valence-corrected chi connectivity index (χ1v) is 9.29. The van der Waals surface area contributed by atoms with Gasteiger partial charge in [-0.3, -0.25) is 9.59 Å². The summed E-state index contributed by atoms with van der Waals surface area (Å²) in [4.78, 5) is 28.0. The number of aryl methyl sites for hydroxylation is 1. The van der Waals surface area contributed by atoms with Gasteiger partial charge in [-0.1, -0.05) is 44.5 Å². The number of nitrogens with one attached hydrogen (secondary N) is 2. The Morgan fingerprint density at radius 3 is 2.56 bits per heavy atom. The molecule has 8 heteroatoms. The van der Waals surface area contributed by atoms with Gasteiger partial charge in [0.1, 0.15) is 0 Å². The number of anilines is 2. The topological polar surface area (TPSA) is 97.1 Å². The van der Waals surface area contributed by atoms with Crippen molar-refractivity contribution in [1.29, 1.82) is 0 Å². The van der Waals surface area contributed by atoms with Crippen molar-refractivity contribution in [3.63, 3.8) is 0 Å². The minimum atomic E-state index is -0.175. The lowest BCUT2D eigenvalue weighted by Gasteiger charge is -2.11. The minimum absolute atomic E-state index is 0.108. The molecule has 27 heavy (non-hydrogen) atoms. The summed E-state index contributed by atoms with van der Waals surface area (Å²) in [5.41, 5.74) is 0.874. The van der Waals surface area contributed by atoms with Gasteiger partial charge >= 0.3 is 0 Å². The van der Waals surface area contributed by atoms with Gasteiger partial charge in [-0.25, -0.2) is 0 Å². The predicted molar refractivity (Wildman–Crippen MR) is 105 cm³/mol. The molecule has 1 aromatic carbocycles. The van der Waals surface area contributed by atoms with E-state index < -0.39 is 0 Å². The van der Waals surface area contributed by atoms with E-state index in [1.165, 1.54) is 0 Å². The Morgan fingerprint density at radius 2 is 1.93 bits per heavy atom. The molecule has 146 valence electrons. The summed E-state index contributed by atoms with van der Waals surface area (Å²) < 4.78 is 5.22. The Balaban J connectivity index is 1.87. The van der Waals surface area contributed by atoms with E-state index in [0.717, 1.165) is 0 Å². The molecule has 0 saturated carbocycles. The number of carbonyl (C=O) groups excluding carboxylic acids is 2. The molecule has 7 nitrogen and oxygen atoms in total. The van der Waals surface area contributed by atoms with Crippen molar-refractivity contribution in [3.05, 3.63) is 34.9 Å². The monoisotopic (exact) mass is 392 g/mol. The van der Waals surface area contributed by atoms with E-state index in [9.17, 15) is 9.59 Å². The SMILES string of the molecule is CCC(=O)Nc1ccc(Cl)c(NC(=O)CCCc2nc(C(C)(C)C)no2)c1. The molecule has 0 aliphatic rings. The van der Waals surface area contributed by atoms with E-state index in [1.807, 2.05) is 20.8 Å². The van der Waals surface area contributed by atoms with Gasteiger partial charge < -0.3 is 15.2 Å². The molecule has 0 saturated heterocycles. The molecule has 0 spiro atoms. The number of rotatable bonds is 7. The molecule has 0 radical (unpaired) electrons. The molecule has 2 amide bonds. The molecule has 0 aliphatic heterocycles. The molecule has 2 N–H and O–H groups in total. The number of carbonyl (C=O) groups is 2. The van der Waals surface area contributed by atoms with E-state index in [2.05, 4.69) is 20.8 Å². The Hall–Kier alpha value is -2.41. The maximum Gasteiger partial charge on any atom is 0.226 e. The van der Waals surface area contributed by atoms with Gasteiger partial charge in [0.2, 0.25) is 17.7 Å².